The molecule has 2 aromatic rings. The Balaban J connectivity index is 2.49. The van der Waals surface area contributed by atoms with Crippen LogP contribution in [0.15, 0.2) is 24.3 Å². The van der Waals surface area contributed by atoms with Gasteiger partial charge in [0, 0.05) is 0 Å². The molecule has 0 bridgehead atoms. The first kappa shape index (κ1) is 18.3. The van der Waals surface area contributed by atoms with Crippen molar-refractivity contribution in [1.82, 2.24) is 0 Å². The van der Waals surface area contributed by atoms with E-state index in [2.05, 4.69) is 0 Å². The normalized spacial score (nSPS) is 10.4. The van der Waals surface area contributed by atoms with E-state index < -0.39 is 11.9 Å². The molecule has 2 aromatic carbocycles. The fourth-order valence-corrected chi connectivity index (χ4v) is 2.72. The average molecular weight is 344 g/mol. The number of benzene rings is 2. The lowest BCUT2D eigenvalue weighted by Crippen LogP contribution is -2.06. The standard InChI is InChI=1S/C19H20O6/c1-10-5-14(18(20)21)16(24-3)8-12(10)7-13-9-17(25-4)15(19(22)23)6-11(13)2/h5-6,8-9H,7H2,1-4H3,(H,20,21)(H,22,23). The van der Waals surface area contributed by atoms with Crippen molar-refractivity contribution in [3.63, 3.8) is 0 Å². The lowest BCUT2D eigenvalue weighted by molar-refractivity contribution is 0.0682. The van der Waals surface area contributed by atoms with Crippen molar-refractivity contribution in [2.45, 2.75) is 20.3 Å². The van der Waals surface area contributed by atoms with Crippen molar-refractivity contribution in [2.24, 2.45) is 0 Å². The van der Waals surface area contributed by atoms with Gasteiger partial charge in [-0.05, 0) is 66.8 Å². The van der Waals surface area contributed by atoms with Crippen molar-refractivity contribution in [2.75, 3.05) is 14.2 Å². The molecule has 2 N–H and O–H groups in total. The summed E-state index contributed by atoms with van der Waals surface area (Å²) in [4.78, 5) is 22.6. The van der Waals surface area contributed by atoms with Gasteiger partial charge in [-0.25, -0.2) is 9.59 Å². The van der Waals surface area contributed by atoms with E-state index in [1.54, 1.807) is 24.3 Å². The molecule has 0 spiro atoms. The summed E-state index contributed by atoms with van der Waals surface area (Å²) in [5, 5.41) is 18.5. The number of carboxylic acid groups (broad SMARTS) is 2. The molecule has 2 rings (SSSR count). The maximum absolute atomic E-state index is 11.3. The van der Waals surface area contributed by atoms with E-state index in [0.29, 0.717) is 17.9 Å². The van der Waals surface area contributed by atoms with Gasteiger partial charge in [0.25, 0.3) is 0 Å². The van der Waals surface area contributed by atoms with E-state index in [9.17, 15) is 19.8 Å². The number of aryl methyl sites for hydroxylation is 2. The summed E-state index contributed by atoms with van der Waals surface area (Å²) in [5.74, 6) is -1.51. The molecule has 0 amide bonds. The van der Waals surface area contributed by atoms with E-state index in [-0.39, 0.29) is 11.1 Å². The van der Waals surface area contributed by atoms with Crippen LogP contribution in [-0.2, 0) is 6.42 Å². The third-order valence-corrected chi connectivity index (χ3v) is 4.16. The molecule has 0 saturated heterocycles. The number of methoxy groups -OCH3 is 2. The van der Waals surface area contributed by atoms with E-state index in [1.165, 1.54) is 14.2 Å². The smallest absolute Gasteiger partial charge is 0.339 e. The van der Waals surface area contributed by atoms with E-state index in [4.69, 9.17) is 9.47 Å². The van der Waals surface area contributed by atoms with Gasteiger partial charge in [0.1, 0.15) is 22.6 Å². The first-order valence-corrected chi connectivity index (χ1v) is 7.60. The van der Waals surface area contributed by atoms with E-state index in [1.807, 2.05) is 13.8 Å². The highest BCUT2D eigenvalue weighted by Crippen LogP contribution is 2.29. The molecule has 6 heteroatoms. The zero-order valence-corrected chi connectivity index (χ0v) is 14.5. The summed E-state index contributed by atoms with van der Waals surface area (Å²) in [6, 6.07) is 6.56. The minimum atomic E-state index is -1.05. The highest BCUT2D eigenvalue weighted by atomic mass is 16.5. The van der Waals surface area contributed by atoms with Gasteiger partial charge in [0.15, 0.2) is 0 Å². The first-order valence-electron chi connectivity index (χ1n) is 7.60. The molecule has 132 valence electrons. The topological polar surface area (TPSA) is 93.1 Å². The Morgan fingerprint density at radius 2 is 1.16 bits per heavy atom. The van der Waals surface area contributed by atoms with Crippen molar-refractivity contribution in [3.05, 3.63) is 57.6 Å². The summed E-state index contributed by atoms with van der Waals surface area (Å²) >= 11 is 0. The van der Waals surface area contributed by atoms with Gasteiger partial charge in [-0.15, -0.1) is 0 Å². The number of rotatable bonds is 6. The van der Waals surface area contributed by atoms with Gasteiger partial charge in [-0.2, -0.15) is 0 Å². The van der Waals surface area contributed by atoms with Gasteiger partial charge in [0.05, 0.1) is 14.2 Å². The van der Waals surface area contributed by atoms with Crippen LogP contribution < -0.4 is 9.47 Å². The summed E-state index contributed by atoms with van der Waals surface area (Å²) in [5.41, 5.74) is 3.65. The van der Waals surface area contributed by atoms with E-state index in [0.717, 1.165) is 22.3 Å². The molecule has 0 unspecified atom stereocenters. The lowest BCUT2D eigenvalue weighted by Gasteiger charge is -2.15. The minimum Gasteiger partial charge on any atom is -0.496 e. The fourth-order valence-electron chi connectivity index (χ4n) is 2.72. The molecule has 0 radical (unpaired) electrons. The molecule has 0 atom stereocenters. The Bertz CT molecular complexity index is 769. The molecule has 0 aliphatic heterocycles. The molecule has 6 nitrogen and oxygen atoms in total. The molecule has 0 saturated carbocycles. The molecule has 0 aliphatic carbocycles. The lowest BCUT2D eigenvalue weighted by atomic mass is 9.94. The van der Waals surface area contributed by atoms with Crippen molar-refractivity contribution in [3.8, 4) is 11.5 Å². The Labute approximate surface area is 145 Å². The van der Waals surface area contributed by atoms with Gasteiger partial charge < -0.3 is 19.7 Å². The average Bonchev–Trinajstić information content (AvgIpc) is 2.57. The highest BCUT2D eigenvalue weighted by Gasteiger charge is 2.17. The zero-order chi connectivity index (χ0) is 18.7. The van der Waals surface area contributed by atoms with Crippen LogP contribution in [0.25, 0.3) is 0 Å². The number of aromatic carboxylic acids is 2. The van der Waals surface area contributed by atoms with Gasteiger partial charge >= 0.3 is 11.9 Å². The van der Waals surface area contributed by atoms with E-state index >= 15 is 0 Å². The number of hydrogen-bond acceptors (Lipinski definition) is 4. The third-order valence-electron chi connectivity index (χ3n) is 4.16. The monoisotopic (exact) mass is 344 g/mol. The van der Waals surface area contributed by atoms with Crippen molar-refractivity contribution in [1.29, 1.82) is 0 Å². The van der Waals surface area contributed by atoms with Gasteiger partial charge in [-0.1, -0.05) is 0 Å². The predicted molar refractivity (Wildman–Crippen MR) is 92.2 cm³/mol. The SMILES string of the molecule is COc1cc(Cc2cc(OC)c(C(=O)O)cc2C)c(C)cc1C(=O)O. The highest BCUT2D eigenvalue weighted by molar-refractivity contribution is 5.92. The van der Waals surface area contributed by atoms with Crippen LogP contribution in [0.4, 0.5) is 0 Å². The zero-order valence-electron chi connectivity index (χ0n) is 14.5. The second kappa shape index (κ2) is 7.25. The second-order valence-electron chi connectivity index (χ2n) is 5.75. The van der Waals surface area contributed by atoms with Crippen LogP contribution in [0.5, 0.6) is 11.5 Å². The Morgan fingerprint density at radius 1 is 0.800 bits per heavy atom. The molecule has 0 fully saturated rings. The summed E-state index contributed by atoms with van der Waals surface area (Å²) in [7, 11) is 2.85. The van der Waals surface area contributed by atoms with Crippen molar-refractivity contribution < 1.29 is 29.3 Å². The molecule has 0 aromatic heterocycles. The molecular weight excluding hydrogens is 324 g/mol. The van der Waals surface area contributed by atoms with Crippen LogP contribution >= 0.6 is 0 Å². The number of ether oxygens (including phenoxy) is 2. The maximum Gasteiger partial charge on any atom is 0.339 e. The molecular formula is C19H20O6. The third kappa shape index (κ3) is 3.74. The van der Waals surface area contributed by atoms with Crippen LogP contribution in [0, 0.1) is 13.8 Å². The fraction of sp³-hybridized carbons (Fsp3) is 0.263. The molecule has 0 aliphatic rings. The summed E-state index contributed by atoms with van der Waals surface area (Å²) in [6.45, 7) is 3.67. The number of carbonyl (C=O) groups is 2. The largest absolute Gasteiger partial charge is 0.496 e. The molecule has 25 heavy (non-hydrogen) atoms. The predicted octanol–water partition coefficient (Wildman–Crippen LogP) is 3.31. The summed E-state index contributed by atoms with van der Waals surface area (Å²) in [6.07, 6.45) is 0.504. The number of carboxylic acids is 2. The number of hydrogen-bond donors (Lipinski definition) is 2. The quantitative estimate of drug-likeness (QED) is 0.835. The Morgan fingerprint density at radius 3 is 1.44 bits per heavy atom. The Hall–Kier alpha value is -3.02. The molecule has 0 heterocycles. The van der Waals surface area contributed by atoms with Crippen molar-refractivity contribution >= 4 is 11.9 Å². The minimum absolute atomic E-state index is 0.110. The van der Waals surface area contributed by atoms with Crippen LogP contribution in [0.2, 0.25) is 0 Å². The Kier molecular flexibility index (Phi) is 5.32. The first-order chi connectivity index (χ1) is 11.8. The maximum atomic E-state index is 11.3. The second-order valence-corrected chi connectivity index (χ2v) is 5.75. The van der Waals surface area contributed by atoms with Crippen LogP contribution in [-0.4, -0.2) is 36.4 Å². The van der Waals surface area contributed by atoms with Crippen LogP contribution in [0.3, 0.4) is 0 Å². The summed E-state index contributed by atoms with van der Waals surface area (Å²) < 4.78 is 10.4. The van der Waals surface area contributed by atoms with Crippen LogP contribution in [0.1, 0.15) is 43.0 Å². The van der Waals surface area contributed by atoms with Gasteiger partial charge in [0.2, 0.25) is 0 Å². The van der Waals surface area contributed by atoms with Gasteiger partial charge in [-0.3, -0.25) is 0 Å².